The van der Waals surface area contributed by atoms with Gasteiger partial charge in [0.1, 0.15) is 12.2 Å². The third-order valence-corrected chi connectivity index (χ3v) is 14.5. The Kier molecular flexibility index (Phi) is 5.60. The van der Waals surface area contributed by atoms with Gasteiger partial charge in [0.15, 0.2) is 16.6 Å². The molecule has 5 heteroatoms. The molecule has 1 aliphatic rings. The molecule has 0 aliphatic carbocycles. The van der Waals surface area contributed by atoms with E-state index in [2.05, 4.69) is 67.7 Å². The van der Waals surface area contributed by atoms with Crippen LogP contribution in [0.1, 0.15) is 41.5 Å². The molecule has 1 fully saturated rings. The molecule has 0 N–H and O–H groups in total. The van der Waals surface area contributed by atoms with E-state index in [-0.39, 0.29) is 22.3 Å². The molecular weight excluding hydrogens is 296 g/mol. The van der Waals surface area contributed by atoms with E-state index < -0.39 is 16.6 Å². The molecule has 0 saturated carbocycles. The summed E-state index contributed by atoms with van der Waals surface area (Å²) >= 11 is 0. The average Bonchev–Trinajstić information content (AvgIpc) is 2.99. The lowest BCUT2D eigenvalue weighted by Gasteiger charge is -2.36. The van der Waals surface area contributed by atoms with Crippen LogP contribution in [0.15, 0.2) is 0 Å². The van der Waals surface area contributed by atoms with Gasteiger partial charge in [0.2, 0.25) is 0 Å². The van der Waals surface area contributed by atoms with Gasteiger partial charge in [-0.15, -0.1) is 0 Å². The first-order chi connectivity index (χ1) is 9.17. The van der Waals surface area contributed by atoms with Gasteiger partial charge < -0.3 is 13.6 Å². The van der Waals surface area contributed by atoms with Crippen LogP contribution in [-0.4, -0.2) is 42.1 Å². The Hall–Kier alpha value is 0.314. The highest BCUT2D eigenvalue weighted by Gasteiger charge is 2.45. The molecule has 1 aliphatic heterocycles. The molecule has 0 radical (unpaired) electrons. The summed E-state index contributed by atoms with van der Waals surface area (Å²) in [7, 11) is -3.32. The lowest BCUT2D eigenvalue weighted by Crippen LogP contribution is -2.42. The van der Waals surface area contributed by atoms with Crippen molar-refractivity contribution in [3.05, 3.63) is 0 Å². The number of hydrogen-bond donors (Lipinski definition) is 0. The normalized spacial score (nSPS) is 24.3. The Morgan fingerprint density at radius 3 is 1.24 bits per heavy atom. The van der Waals surface area contributed by atoms with Gasteiger partial charge in [-0.2, -0.15) is 0 Å². The largest absolute Gasteiger partial charge is 0.414 e. The Morgan fingerprint density at radius 1 is 0.714 bits per heavy atom. The highest BCUT2D eigenvalue weighted by molar-refractivity contribution is 6.74. The van der Waals surface area contributed by atoms with Crippen LogP contribution in [0.2, 0.25) is 36.3 Å². The van der Waals surface area contributed by atoms with Crippen LogP contribution in [0.5, 0.6) is 0 Å². The molecule has 1 heterocycles. The molecule has 0 bridgehead atoms. The molecule has 0 spiro atoms. The van der Waals surface area contributed by atoms with Gasteiger partial charge in [-0.1, -0.05) is 41.5 Å². The van der Waals surface area contributed by atoms with E-state index in [1.807, 2.05) is 0 Å². The molecule has 0 unspecified atom stereocenters. The monoisotopic (exact) mass is 332 g/mol. The Balaban J connectivity index is 2.34. The van der Waals surface area contributed by atoms with Crippen LogP contribution < -0.4 is 0 Å². The van der Waals surface area contributed by atoms with Crippen LogP contribution in [0.4, 0.5) is 0 Å². The second-order valence-corrected chi connectivity index (χ2v) is 19.0. The minimum atomic E-state index is -1.66. The van der Waals surface area contributed by atoms with E-state index in [0.717, 1.165) is 13.2 Å². The quantitative estimate of drug-likeness (QED) is 0.517. The first-order valence-corrected chi connectivity index (χ1v) is 13.9. The lowest BCUT2D eigenvalue weighted by molar-refractivity contribution is 0.228. The minimum Gasteiger partial charge on any atom is -0.414 e. The zero-order chi connectivity index (χ0) is 16.7. The van der Waals surface area contributed by atoms with Crippen molar-refractivity contribution in [3.63, 3.8) is 0 Å². The SMILES string of the molecule is CC(C)(C)[Si](C)(C)OC[C@H]1O[C@@H]1CO[Si](C)(C)C(C)(C)C. The summed E-state index contributed by atoms with van der Waals surface area (Å²) in [5.74, 6) is 0. The van der Waals surface area contributed by atoms with Gasteiger partial charge in [0.05, 0.1) is 13.2 Å². The second kappa shape index (κ2) is 6.08. The smallest absolute Gasteiger partial charge is 0.192 e. The summed E-state index contributed by atoms with van der Waals surface area (Å²) < 4.78 is 18.2. The molecule has 0 amide bonds. The van der Waals surface area contributed by atoms with E-state index in [0.29, 0.717) is 0 Å². The fraction of sp³-hybridized carbons (Fsp3) is 1.00. The first-order valence-electron chi connectivity index (χ1n) is 8.11. The van der Waals surface area contributed by atoms with Crippen LogP contribution in [-0.2, 0) is 13.6 Å². The van der Waals surface area contributed by atoms with Crippen LogP contribution in [0, 0.1) is 0 Å². The van der Waals surface area contributed by atoms with Crippen LogP contribution >= 0.6 is 0 Å². The molecule has 3 nitrogen and oxygen atoms in total. The van der Waals surface area contributed by atoms with Crippen molar-refractivity contribution in [2.24, 2.45) is 0 Å². The topological polar surface area (TPSA) is 31.0 Å². The molecule has 0 aromatic heterocycles. The minimum absolute atomic E-state index is 0.240. The number of ether oxygens (including phenoxy) is 1. The molecule has 126 valence electrons. The molecule has 2 atom stereocenters. The van der Waals surface area contributed by atoms with Gasteiger partial charge in [-0.25, -0.2) is 0 Å². The van der Waals surface area contributed by atoms with Crippen molar-refractivity contribution in [1.29, 1.82) is 0 Å². The summed E-state index contributed by atoms with van der Waals surface area (Å²) in [5, 5.41) is 0.518. The summed E-state index contributed by atoms with van der Waals surface area (Å²) in [4.78, 5) is 0. The third kappa shape index (κ3) is 5.17. The van der Waals surface area contributed by atoms with Gasteiger partial charge >= 0.3 is 0 Å². The van der Waals surface area contributed by atoms with Gasteiger partial charge in [0, 0.05) is 0 Å². The predicted octanol–water partition coefficient (Wildman–Crippen LogP) is 4.80. The molecule has 21 heavy (non-hydrogen) atoms. The van der Waals surface area contributed by atoms with Gasteiger partial charge in [-0.05, 0) is 36.3 Å². The van der Waals surface area contributed by atoms with E-state index in [1.54, 1.807) is 0 Å². The second-order valence-electron chi connectivity index (χ2n) is 9.36. The van der Waals surface area contributed by atoms with Gasteiger partial charge in [0.25, 0.3) is 0 Å². The van der Waals surface area contributed by atoms with Crippen molar-refractivity contribution in [3.8, 4) is 0 Å². The standard InChI is InChI=1S/C16H36O3Si2/c1-15(2,3)20(7,8)17-11-13-14(19-13)12-18-21(9,10)16(4,5)6/h13-14H,11-12H2,1-10H3/t13-,14-/m1/s1. The number of rotatable bonds is 6. The molecule has 0 aromatic rings. The van der Waals surface area contributed by atoms with Crippen molar-refractivity contribution in [1.82, 2.24) is 0 Å². The Labute approximate surface area is 134 Å². The van der Waals surface area contributed by atoms with E-state index >= 15 is 0 Å². The maximum atomic E-state index is 6.22. The molecule has 1 saturated heterocycles. The number of hydrogen-bond acceptors (Lipinski definition) is 3. The third-order valence-electron chi connectivity index (χ3n) is 5.52. The fourth-order valence-corrected chi connectivity index (χ4v) is 3.51. The lowest BCUT2D eigenvalue weighted by atomic mass is 10.2. The maximum absolute atomic E-state index is 6.22. The number of epoxide rings is 1. The Bertz CT molecular complexity index is 320. The van der Waals surface area contributed by atoms with E-state index in [9.17, 15) is 0 Å². The molecular formula is C16H36O3Si2. The van der Waals surface area contributed by atoms with Crippen molar-refractivity contribution >= 4 is 16.6 Å². The summed E-state index contributed by atoms with van der Waals surface area (Å²) in [6.07, 6.45) is 0.479. The van der Waals surface area contributed by atoms with Crippen molar-refractivity contribution in [2.75, 3.05) is 13.2 Å². The zero-order valence-electron chi connectivity index (χ0n) is 15.8. The van der Waals surface area contributed by atoms with Crippen molar-refractivity contribution < 1.29 is 13.6 Å². The maximum Gasteiger partial charge on any atom is 0.192 e. The summed E-state index contributed by atoms with van der Waals surface area (Å²) in [6, 6.07) is 0. The average molecular weight is 333 g/mol. The highest BCUT2D eigenvalue weighted by Crippen LogP contribution is 2.39. The first kappa shape index (κ1) is 19.4. The zero-order valence-corrected chi connectivity index (χ0v) is 17.8. The highest BCUT2D eigenvalue weighted by atomic mass is 28.4. The van der Waals surface area contributed by atoms with E-state index in [1.165, 1.54) is 0 Å². The van der Waals surface area contributed by atoms with Crippen LogP contribution in [0.3, 0.4) is 0 Å². The molecule has 0 aromatic carbocycles. The predicted molar refractivity (Wildman–Crippen MR) is 95.0 cm³/mol. The fourth-order valence-electron chi connectivity index (χ4n) is 1.49. The van der Waals surface area contributed by atoms with E-state index in [4.69, 9.17) is 13.6 Å². The summed E-state index contributed by atoms with van der Waals surface area (Å²) in [5.41, 5.74) is 0. The van der Waals surface area contributed by atoms with Crippen molar-refractivity contribution in [2.45, 2.75) is 90.0 Å². The van der Waals surface area contributed by atoms with Gasteiger partial charge in [-0.3, -0.25) is 0 Å². The van der Waals surface area contributed by atoms with Crippen LogP contribution in [0.25, 0.3) is 0 Å². The summed E-state index contributed by atoms with van der Waals surface area (Å²) in [6.45, 7) is 24.2. The molecule has 1 rings (SSSR count). The Morgan fingerprint density at radius 2 is 1.00 bits per heavy atom.